The highest BCUT2D eigenvalue weighted by atomic mass is 32.2. The van der Waals surface area contributed by atoms with Crippen molar-refractivity contribution in [3.05, 3.63) is 29.3 Å². The van der Waals surface area contributed by atoms with E-state index in [-0.39, 0.29) is 12.4 Å². The number of aryl methyl sites for hydroxylation is 1. The van der Waals surface area contributed by atoms with E-state index in [1.165, 1.54) is 17.4 Å². The molecule has 1 aromatic carbocycles. The van der Waals surface area contributed by atoms with E-state index in [4.69, 9.17) is 4.74 Å². The largest absolute Gasteiger partial charge is 0.493 e. The molecule has 1 aromatic rings. The second kappa shape index (κ2) is 6.23. The molecular formula is C14H22O3S. The molecule has 0 N–H and O–H groups in total. The first-order valence-electron chi connectivity index (χ1n) is 6.27. The lowest BCUT2D eigenvalue weighted by Gasteiger charge is -2.13. The Labute approximate surface area is 110 Å². The van der Waals surface area contributed by atoms with Crippen molar-refractivity contribution in [2.24, 2.45) is 0 Å². The molecule has 102 valence electrons. The summed E-state index contributed by atoms with van der Waals surface area (Å²) >= 11 is 0. The lowest BCUT2D eigenvalue weighted by Crippen LogP contribution is -2.12. The maximum atomic E-state index is 11.0. The van der Waals surface area contributed by atoms with Gasteiger partial charge in [0.05, 0.1) is 5.75 Å². The van der Waals surface area contributed by atoms with E-state index in [2.05, 4.69) is 26.8 Å². The van der Waals surface area contributed by atoms with Crippen LogP contribution in [0.15, 0.2) is 18.2 Å². The average Bonchev–Trinajstić information content (AvgIpc) is 2.26. The fourth-order valence-corrected chi connectivity index (χ4v) is 2.24. The van der Waals surface area contributed by atoms with Gasteiger partial charge >= 0.3 is 0 Å². The molecule has 0 spiro atoms. The Morgan fingerprint density at radius 1 is 1.28 bits per heavy atom. The summed E-state index contributed by atoms with van der Waals surface area (Å²) in [4.78, 5) is 0. The Hall–Kier alpha value is -1.03. The maximum Gasteiger partial charge on any atom is 0.150 e. The number of rotatable bonds is 6. The minimum atomic E-state index is -2.96. The number of ether oxygens (including phenoxy) is 1. The quantitative estimate of drug-likeness (QED) is 0.798. The molecule has 0 aliphatic heterocycles. The zero-order valence-electron chi connectivity index (χ0n) is 11.6. The van der Waals surface area contributed by atoms with Crippen molar-refractivity contribution >= 4 is 9.84 Å². The van der Waals surface area contributed by atoms with Crippen molar-refractivity contribution in [3.8, 4) is 5.75 Å². The van der Waals surface area contributed by atoms with Gasteiger partial charge in [-0.25, -0.2) is 8.42 Å². The molecule has 0 atom stereocenters. The van der Waals surface area contributed by atoms with Crippen molar-refractivity contribution in [2.75, 3.05) is 18.6 Å². The summed E-state index contributed by atoms with van der Waals surface area (Å²) in [5.74, 6) is 1.30. The highest BCUT2D eigenvalue weighted by Crippen LogP contribution is 2.24. The summed E-state index contributed by atoms with van der Waals surface area (Å²) in [5, 5.41) is 0. The first kappa shape index (κ1) is 15.0. The summed E-state index contributed by atoms with van der Waals surface area (Å²) in [7, 11) is -2.96. The van der Waals surface area contributed by atoms with Crippen molar-refractivity contribution in [3.63, 3.8) is 0 Å². The van der Waals surface area contributed by atoms with E-state index >= 15 is 0 Å². The fraction of sp³-hybridized carbons (Fsp3) is 0.571. The molecule has 0 unspecified atom stereocenters. The third-order valence-electron chi connectivity index (χ3n) is 2.84. The topological polar surface area (TPSA) is 43.4 Å². The monoisotopic (exact) mass is 270 g/mol. The Kier molecular flexibility index (Phi) is 5.20. The van der Waals surface area contributed by atoms with Crippen LogP contribution < -0.4 is 4.74 Å². The third-order valence-corrected chi connectivity index (χ3v) is 3.75. The van der Waals surface area contributed by atoms with Crippen molar-refractivity contribution in [1.82, 2.24) is 0 Å². The SMILES string of the molecule is CCc1cc(OCCS(C)(=O)=O)ccc1C(C)C. The predicted molar refractivity (Wildman–Crippen MR) is 75.1 cm³/mol. The molecule has 0 aromatic heterocycles. The normalized spacial score (nSPS) is 11.8. The molecule has 0 saturated heterocycles. The van der Waals surface area contributed by atoms with Crippen LogP contribution in [-0.2, 0) is 16.3 Å². The van der Waals surface area contributed by atoms with Crippen LogP contribution in [-0.4, -0.2) is 27.0 Å². The molecule has 0 fully saturated rings. The molecule has 0 radical (unpaired) electrons. The van der Waals surface area contributed by atoms with Crippen LogP contribution in [0.4, 0.5) is 0 Å². The molecule has 3 nitrogen and oxygen atoms in total. The van der Waals surface area contributed by atoms with Crippen LogP contribution in [0.2, 0.25) is 0 Å². The van der Waals surface area contributed by atoms with E-state index < -0.39 is 9.84 Å². The second-order valence-electron chi connectivity index (χ2n) is 4.85. The van der Waals surface area contributed by atoms with Gasteiger partial charge in [0, 0.05) is 6.26 Å². The molecule has 0 bridgehead atoms. The molecular weight excluding hydrogens is 248 g/mol. The standard InChI is InChI=1S/C14H22O3S/c1-5-12-10-13(6-7-14(12)11(2)3)17-8-9-18(4,15)16/h6-7,10-11H,5,8-9H2,1-4H3. The van der Waals surface area contributed by atoms with Gasteiger partial charge in [-0.3, -0.25) is 0 Å². The van der Waals surface area contributed by atoms with Gasteiger partial charge in [0.25, 0.3) is 0 Å². The summed E-state index contributed by atoms with van der Waals surface area (Å²) in [6, 6.07) is 5.99. The number of hydrogen-bond donors (Lipinski definition) is 0. The molecule has 0 heterocycles. The van der Waals surface area contributed by atoms with Crippen molar-refractivity contribution in [2.45, 2.75) is 33.1 Å². The number of sulfone groups is 1. The Balaban J connectivity index is 2.74. The van der Waals surface area contributed by atoms with Gasteiger partial charge in [-0.15, -0.1) is 0 Å². The predicted octanol–water partition coefficient (Wildman–Crippen LogP) is 2.80. The van der Waals surface area contributed by atoms with Gasteiger partial charge in [-0.05, 0) is 35.6 Å². The van der Waals surface area contributed by atoms with E-state index in [1.807, 2.05) is 12.1 Å². The zero-order chi connectivity index (χ0) is 13.8. The Morgan fingerprint density at radius 3 is 2.44 bits per heavy atom. The number of hydrogen-bond acceptors (Lipinski definition) is 3. The van der Waals surface area contributed by atoms with Gasteiger partial charge in [-0.2, -0.15) is 0 Å². The third kappa shape index (κ3) is 4.69. The first-order valence-corrected chi connectivity index (χ1v) is 8.33. The average molecular weight is 270 g/mol. The lowest BCUT2D eigenvalue weighted by molar-refractivity contribution is 0.340. The molecule has 0 aliphatic carbocycles. The smallest absolute Gasteiger partial charge is 0.150 e. The first-order chi connectivity index (χ1) is 8.33. The van der Waals surface area contributed by atoms with E-state index in [9.17, 15) is 8.42 Å². The Bertz CT molecular complexity index is 490. The minimum Gasteiger partial charge on any atom is -0.493 e. The van der Waals surface area contributed by atoms with Crippen LogP contribution in [0.1, 0.15) is 37.8 Å². The molecule has 0 saturated carbocycles. The van der Waals surface area contributed by atoms with E-state index in [0.29, 0.717) is 5.92 Å². The van der Waals surface area contributed by atoms with Gasteiger partial charge < -0.3 is 4.74 Å². The summed E-state index contributed by atoms with van der Waals surface area (Å²) in [6.45, 7) is 6.65. The van der Waals surface area contributed by atoms with Crippen molar-refractivity contribution in [1.29, 1.82) is 0 Å². The zero-order valence-corrected chi connectivity index (χ0v) is 12.4. The van der Waals surface area contributed by atoms with E-state index in [0.717, 1.165) is 12.2 Å². The van der Waals surface area contributed by atoms with Gasteiger partial charge in [-0.1, -0.05) is 26.8 Å². The highest BCUT2D eigenvalue weighted by molar-refractivity contribution is 7.90. The van der Waals surface area contributed by atoms with Gasteiger partial charge in [0.1, 0.15) is 12.4 Å². The molecule has 0 amide bonds. The van der Waals surface area contributed by atoms with Crippen LogP contribution in [0, 0.1) is 0 Å². The van der Waals surface area contributed by atoms with Crippen LogP contribution >= 0.6 is 0 Å². The Morgan fingerprint density at radius 2 is 1.94 bits per heavy atom. The minimum absolute atomic E-state index is 0.0559. The molecule has 4 heteroatoms. The van der Waals surface area contributed by atoms with Gasteiger partial charge in [0.2, 0.25) is 0 Å². The maximum absolute atomic E-state index is 11.0. The highest BCUT2D eigenvalue weighted by Gasteiger charge is 2.07. The fourth-order valence-electron chi connectivity index (χ4n) is 1.85. The van der Waals surface area contributed by atoms with Gasteiger partial charge in [0.15, 0.2) is 9.84 Å². The molecule has 0 aliphatic rings. The van der Waals surface area contributed by atoms with Crippen LogP contribution in [0.5, 0.6) is 5.75 Å². The van der Waals surface area contributed by atoms with Crippen LogP contribution in [0.3, 0.4) is 0 Å². The van der Waals surface area contributed by atoms with Crippen LogP contribution in [0.25, 0.3) is 0 Å². The van der Waals surface area contributed by atoms with E-state index in [1.54, 1.807) is 0 Å². The lowest BCUT2D eigenvalue weighted by atomic mass is 9.95. The summed E-state index contributed by atoms with van der Waals surface area (Å²) in [6.07, 6.45) is 2.17. The second-order valence-corrected chi connectivity index (χ2v) is 7.11. The summed E-state index contributed by atoms with van der Waals surface area (Å²) in [5.41, 5.74) is 2.59. The van der Waals surface area contributed by atoms with Crippen molar-refractivity contribution < 1.29 is 13.2 Å². The summed E-state index contributed by atoms with van der Waals surface area (Å²) < 4.78 is 27.5. The number of benzene rings is 1. The molecule has 18 heavy (non-hydrogen) atoms. The molecule has 1 rings (SSSR count).